The summed E-state index contributed by atoms with van der Waals surface area (Å²) in [4.78, 5) is 8.59. The number of aromatic nitrogens is 3. The SMILES string of the molecule is N#Cc1ccc(-c2cc3nccn3cc2-c2cccnc2)cc1. The third-order valence-corrected chi connectivity index (χ3v) is 3.83. The Bertz CT molecular complexity index is 1010. The molecule has 0 radical (unpaired) electrons. The first-order valence-electron chi connectivity index (χ1n) is 7.23. The Kier molecular flexibility index (Phi) is 3.10. The largest absolute Gasteiger partial charge is 0.306 e. The van der Waals surface area contributed by atoms with Crippen LogP contribution in [0.4, 0.5) is 0 Å². The molecule has 0 amide bonds. The van der Waals surface area contributed by atoms with E-state index >= 15 is 0 Å². The lowest BCUT2D eigenvalue weighted by atomic mass is 9.96. The van der Waals surface area contributed by atoms with E-state index in [-0.39, 0.29) is 0 Å². The van der Waals surface area contributed by atoms with Crippen LogP contribution in [0.1, 0.15) is 5.56 Å². The molecule has 0 N–H and O–H groups in total. The van der Waals surface area contributed by atoms with E-state index in [0.717, 1.165) is 27.9 Å². The van der Waals surface area contributed by atoms with E-state index in [0.29, 0.717) is 5.56 Å². The highest BCUT2D eigenvalue weighted by molar-refractivity contribution is 5.85. The predicted octanol–water partition coefficient (Wildman–Crippen LogP) is 3.93. The molecular formula is C19H12N4. The summed E-state index contributed by atoms with van der Waals surface area (Å²) in [6.07, 6.45) is 9.39. The van der Waals surface area contributed by atoms with Crippen LogP contribution in [0.15, 0.2) is 73.4 Å². The number of nitrogens with zero attached hydrogens (tertiary/aromatic N) is 4. The summed E-state index contributed by atoms with van der Waals surface area (Å²) in [6.45, 7) is 0. The Morgan fingerprint density at radius 1 is 0.957 bits per heavy atom. The van der Waals surface area contributed by atoms with Crippen LogP contribution in [0, 0.1) is 11.3 Å². The minimum Gasteiger partial charge on any atom is -0.306 e. The van der Waals surface area contributed by atoms with Crippen LogP contribution >= 0.6 is 0 Å². The zero-order valence-corrected chi connectivity index (χ0v) is 12.2. The molecule has 4 nitrogen and oxygen atoms in total. The normalized spacial score (nSPS) is 10.6. The number of nitriles is 1. The van der Waals surface area contributed by atoms with Crippen LogP contribution < -0.4 is 0 Å². The number of rotatable bonds is 2. The monoisotopic (exact) mass is 296 g/mol. The van der Waals surface area contributed by atoms with Gasteiger partial charge in [0.05, 0.1) is 11.6 Å². The zero-order valence-electron chi connectivity index (χ0n) is 12.2. The molecule has 0 unspecified atom stereocenters. The van der Waals surface area contributed by atoms with Gasteiger partial charge < -0.3 is 4.40 Å². The van der Waals surface area contributed by atoms with Gasteiger partial charge >= 0.3 is 0 Å². The molecule has 0 fully saturated rings. The lowest BCUT2D eigenvalue weighted by Gasteiger charge is -2.11. The highest BCUT2D eigenvalue weighted by Gasteiger charge is 2.10. The highest BCUT2D eigenvalue weighted by Crippen LogP contribution is 2.32. The van der Waals surface area contributed by atoms with Gasteiger partial charge in [0.2, 0.25) is 0 Å². The Balaban J connectivity index is 1.98. The molecule has 3 aromatic heterocycles. The fourth-order valence-electron chi connectivity index (χ4n) is 2.68. The van der Waals surface area contributed by atoms with Crippen LogP contribution in [0.25, 0.3) is 27.9 Å². The average Bonchev–Trinajstić information content (AvgIpc) is 3.09. The lowest BCUT2D eigenvalue weighted by Crippen LogP contribution is -1.92. The van der Waals surface area contributed by atoms with Crippen LogP contribution in [0.2, 0.25) is 0 Å². The summed E-state index contributed by atoms with van der Waals surface area (Å²) in [5, 5.41) is 8.97. The van der Waals surface area contributed by atoms with Gasteiger partial charge in [0.25, 0.3) is 0 Å². The van der Waals surface area contributed by atoms with Crippen molar-refractivity contribution >= 4 is 5.65 Å². The van der Waals surface area contributed by atoms with Crippen molar-refractivity contribution in [2.75, 3.05) is 0 Å². The van der Waals surface area contributed by atoms with Crippen LogP contribution in [0.3, 0.4) is 0 Å². The molecule has 4 aromatic rings. The number of pyridine rings is 2. The summed E-state index contributed by atoms with van der Waals surface area (Å²) < 4.78 is 2.00. The van der Waals surface area contributed by atoms with E-state index in [1.807, 2.05) is 53.2 Å². The molecule has 0 bridgehead atoms. The van der Waals surface area contributed by atoms with Gasteiger partial charge in [-0.05, 0) is 35.4 Å². The maximum atomic E-state index is 8.97. The number of hydrogen-bond acceptors (Lipinski definition) is 3. The van der Waals surface area contributed by atoms with E-state index in [1.54, 1.807) is 12.4 Å². The second-order valence-corrected chi connectivity index (χ2v) is 5.22. The van der Waals surface area contributed by atoms with Gasteiger partial charge in [-0.3, -0.25) is 4.98 Å². The van der Waals surface area contributed by atoms with Crippen molar-refractivity contribution in [2.45, 2.75) is 0 Å². The van der Waals surface area contributed by atoms with Gasteiger partial charge in [-0.2, -0.15) is 5.26 Å². The van der Waals surface area contributed by atoms with Crippen molar-refractivity contribution in [3.63, 3.8) is 0 Å². The molecule has 1 aromatic carbocycles. The molecule has 0 saturated heterocycles. The van der Waals surface area contributed by atoms with Crippen molar-refractivity contribution in [2.24, 2.45) is 0 Å². The van der Waals surface area contributed by atoms with E-state index in [9.17, 15) is 0 Å². The molecule has 0 aliphatic heterocycles. The quantitative estimate of drug-likeness (QED) is 0.563. The fourth-order valence-corrected chi connectivity index (χ4v) is 2.68. The highest BCUT2D eigenvalue weighted by atomic mass is 15.0. The Labute approximate surface area is 133 Å². The summed E-state index contributed by atoms with van der Waals surface area (Å²) >= 11 is 0. The molecule has 23 heavy (non-hydrogen) atoms. The van der Waals surface area contributed by atoms with E-state index in [2.05, 4.69) is 28.3 Å². The second kappa shape index (κ2) is 5.39. The second-order valence-electron chi connectivity index (χ2n) is 5.22. The number of fused-ring (bicyclic) bond motifs is 1. The number of benzene rings is 1. The maximum absolute atomic E-state index is 8.97. The van der Waals surface area contributed by atoms with Crippen molar-refractivity contribution in [1.29, 1.82) is 5.26 Å². The third kappa shape index (κ3) is 2.34. The van der Waals surface area contributed by atoms with Gasteiger partial charge in [-0.15, -0.1) is 0 Å². The summed E-state index contributed by atoms with van der Waals surface area (Å²) in [7, 11) is 0. The first-order valence-corrected chi connectivity index (χ1v) is 7.23. The average molecular weight is 296 g/mol. The summed E-state index contributed by atoms with van der Waals surface area (Å²) in [6, 6.07) is 15.8. The predicted molar refractivity (Wildman–Crippen MR) is 88.6 cm³/mol. The molecule has 0 saturated carbocycles. The molecule has 0 aliphatic rings. The van der Waals surface area contributed by atoms with Gasteiger partial charge in [0, 0.05) is 42.1 Å². The molecule has 3 heterocycles. The smallest absolute Gasteiger partial charge is 0.137 e. The minimum atomic E-state index is 0.651. The standard InChI is InChI=1S/C19H12N4/c20-11-14-3-5-15(6-4-14)17-10-19-22-8-9-23(19)13-18(17)16-2-1-7-21-12-16/h1-10,12-13H. The van der Waals surface area contributed by atoms with Crippen molar-refractivity contribution in [3.05, 3.63) is 79.0 Å². The summed E-state index contributed by atoms with van der Waals surface area (Å²) in [5.41, 5.74) is 5.78. The van der Waals surface area contributed by atoms with Gasteiger partial charge in [0.15, 0.2) is 0 Å². The maximum Gasteiger partial charge on any atom is 0.137 e. The Morgan fingerprint density at radius 3 is 2.57 bits per heavy atom. The molecule has 108 valence electrons. The topological polar surface area (TPSA) is 54.0 Å². The first-order chi connectivity index (χ1) is 11.3. The number of imidazole rings is 1. The van der Waals surface area contributed by atoms with Gasteiger partial charge in [-0.1, -0.05) is 18.2 Å². The fraction of sp³-hybridized carbons (Fsp3) is 0. The zero-order chi connectivity index (χ0) is 15.6. The van der Waals surface area contributed by atoms with Crippen LogP contribution in [0.5, 0.6) is 0 Å². The van der Waals surface area contributed by atoms with Gasteiger partial charge in [0.1, 0.15) is 5.65 Å². The Hall–Kier alpha value is -3.45. The van der Waals surface area contributed by atoms with Gasteiger partial charge in [-0.25, -0.2) is 4.98 Å². The van der Waals surface area contributed by atoms with E-state index in [1.165, 1.54) is 0 Å². The van der Waals surface area contributed by atoms with E-state index in [4.69, 9.17) is 5.26 Å². The lowest BCUT2D eigenvalue weighted by molar-refractivity contribution is 1.19. The van der Waals surface area contributed by atoms with Crippen molar-refractivity contribution in [3.8, 4) is 28.3 Å². The third-order valence-electron chi connectivity index (χ3n) is 3.83. The van der Waals surface area contributed by atoms with E-state index < -0.39 is 0 Å². The number of hydrogen-bond donors (Lipinski definition) is 0. The minimum absolute atomic E-state index is 0.651. The molecule has 0 atom stereocenters. The van der Waals surface area contributed by atoms with Crippen molar-refractivity contribution in [1.82, 2.24) is 14.4 Å². The molecule has 4 rings (SSSR count). The van der Waals surface area contributed by atoms with Crippen molar-refractivity contribution < 1.29 is 0 Å². The van der Waals surface area contributed by atoms with Crippen LogP contribution in [-0.4, -0.2) is 14.4 Å². The van der Waals surface area contributed by atoms with Crippen LogP contribution in [-0.2, 0) is 0 Å². The first kappa shape index (κ1) is 13.2. The molecule has 4 heteroatoms. The molecule has 0 aliphatic carbocycles. The molecular weight excluding hydrogens is 284 g/mol. The Morgan fingerprint density at radius 2 is 1.83 bits per heavy atom. The molecule has 0 spiro atoms. The summed E-state index contributed by atoms with van der Waals surface area (Å²) in [5.74, 6) is 0.